The molecule has 0 fully saturated rings. The summed E-state index contributed by atoms with van der Waals surface area (Å²) >= 11 is 0. The molecule has 2 amide bonds. The van der Waals surface area contributed by atoms with Crippen LogP contribution in [-0.4, -0.2) is 28.6 Å². The van der Waals surface area contributed by atoms with Crippen molar-refractivity contribution in [3.63, 3.8) is 0 Å². The monoisotopic (exact) mass is 341 g/mol. The predicted octanol–water partition coefficient (Wildman–Crippen LogP) is 3.10. The summed E-state index contributed by atoms with van der Waals surface area (Å²) in [5.41, 5.74) is 1.82. The Morgan fingerprint density at radius 2 is 1.68 bits per heavy atom. The highest BCUT2D eigenvalue weighted by atomic mass is 16.2. The van der Waals surface area contributed by atoms with Crippen molar-refractivity contribution in [2.75, 3.05) is 17.2 Å². The standard InChI is InChI=1S/C18H23N5O2/c1-3-4-5-12-19-18(25)16-10-11-17(23-22-16)21-15-8-6-14(7-9-15)20-13(2)24/h6-11H,3-5,12H2,1-2H3,(H,19,25)(H,20,24)(H,21,23). The second-order valence-electron chi connectivity index (χ2n) is 5.65. The molecule has 2 aromatic rings. The molecule has 0 aliphatic rings. The molecule has 25 heavy (non-hydrogen) atoms. The molecule has 132 valence electrons. The van der Waals surface area contributed by atoms with Crippen LogP contribution >= 0.6 is 0 Å². The van der Waals surface area contributed by atoms with Crippen molar-refractivity contribution in [3.8, 4) is 0 Å². The number of hydrogen-bond acceptors (Lipinski definition) is 5. The molecule has 1 aromatic carbocycles. The fourth-order valence-electron chi connectivity index (χ4n) is 2.18. The predicted molar refractivity (Wildman–Crippen MR) is 97.9 cm³/mol. The van der Waals surface area contributed by atoms with Crippen molar-refractivity contribution >= 4 is 29.0 Å². The first kappa shape index (κ1) is 18.4. The summed E-state index contributed by atoms with van der Waals surface area (Å²) in [7, 11) is 0. The molecular weight excluding hydrogens is 318 g/mol. The maximum Gasteiger partial charge on any atom is 0.271 e. The first-order valence-corrected chi connectivity index (χ1v) is 8.35. The fraction of sp³-hybridized carbons (Fsp3) is 0.333. The summed E-state index contributed by atoms with van der Waals surface area (Å²) in [5.74, 6) is 0.208. The van der Waals surface area contributed by atoms with Crippen LogP contribution in [0.4, 0.5) is 17.2 Å². The molecule has 0 aliphatic carbocycles. The van der Waals surface area contributed by atoms with Crippen molar-refractivity contribution < 1.29 is 9.59 Å². The molecule has 0 atom stereocenters. The number of anilines is 3. The minimum atomic E-state index is -0.213. The Balaban J connectivity index is 1.89. The zero-order valence-electron chi connectivity index (χ0n) is 14.5. The average Bonchev–Trinajstić information content (AvgIpc) is 2.60. The van der Waals surface area contributed by atoms with Gasteiger partial charge in [0.1, 0.15) is 0 Å². The number of carbonyl (C=O) groups excluding carboxylic acids is 2. The number of amides is 2. The van der Waals surface area contributed by atoms with E-state index in [0.717, 1.165) is 30.6 Å². The number of aromatic nitrogens is 2. The van der Waals surface area contributed by atoms with Crippen LogP contribution in [0.2, 0.25) is 0 Å². The summed E-state index contributed by atoms with van der Waals surface area (Å²) in [6.45, 7) is 4.23. The summed E-state index contributed by atoms with van der Waals surface area (Å²) < 4.78 is 0. The first-order valence-electron chi connectivity index (χ1n) is 8.35. The van der Waals surface area contributed by atoms with E-state index in [1.54, 1.807) is 24.3 Å². The van der Waals surface area contributed by atoms with Gasteiger partial charge in [-0.3, -0.25) is 9.59 Å². The van der Waals surface area contributed by atoms with Gasteiger partial charge in [-0.05, 0) is 42.8 Å². The first-order chi connectivity index (χ1) is 12.1. The van der Waals surface area contributed by atoms with Crippen molar-refractivity contribution in [1.29, 1.82) is 0 Å². The molecule has 0 aliphatic heterocycles. The van der Waals surface area contributed by atoms with E-state index < -0.39 is 0 Å². The van der Waals surface area contributed by atoms with Gasteiger partial charge >= 0.3 is 0 Å². The zero-order valence-corrected chi connectivity index (χ0v) is 14.5. The number of nitrogens with zero attached hydrogens (tertiary/aromatic N) is 2. The second kappa shape index (κ2) is 9.36. The zero-order chi connectivity index (χ0) is 18.1. The van der Waals surface area contributed by atoms with E-state index in [-0.39, 0.29) is 11.8 Å². The lowest BCUT2D eigenvalue weighted by molar-refractivity contribution is -0.114. The molecule has 0 unspecified atom stereocenters. The SMILES string of the molecule is CCCCCNC(=O)c1ccc(Nc2ccc(NC(C)=O)cc2)nn1. The van der Waals surface area contributed by atoms with Crippen LogP contribution in [0.1, 0.15) is 43.6 Å². The van der Waals surface area contributed by atoms with E-state index in [0.29, 0.717) is 18.1 Å². The van der Waals surface area contributed by atoms with E-state index in [1.165, 1.54) is 6.92 Å². The van der Waals surface area contributed by atoms with Crippen LogP contribution < -0.4 is 16.0 Å². The third kappa shape index (κ3) is 6.21. The molecule has 0 spiro atoms. The van der Waals surface area contributed by atoms with Gasteiger partial charge in [0, 0.05) is 24.8 Å². The largest absolute Gasteiger partial charge is 0.351 e. The Bertz CT molecular complexity index is 698. The molecule has 7 nitrogen and oxygen atoms in total. The molecular formula is C18H23N5O2. The van der Waals surface area contributed by atoms with Crippen molar-refractivity contribution in [3.05, 3.63) is 42.1 Å². The van der Waals surface area contributed by atoms with Crippen LogP contribution in [0.25, 0.3) is 0 Å². The van der Waals surface area contributed by atoms with Crippen LogP contribution in [0.5, 0.6) is 0 Å². The maximum atomic E-state index is 11.9. The molecule has 1 heterocycles. The Morgan fingerprint density at radius 3 is 2.28 bits per heavy atom. The Morgan fingerprint density at radius 1 is 0.960 bits per heavy atom. The molecule has 7 heteroatoms. The van der Waals surface area contributed by atoms with Crippen molar-refractivity contribution in [1.82, 2.24) is 15.5 Å². The summed E-state index contributed by atoms with van der Waals surface area (Å²) in [6.07, 6.45) is 3.17. The minimum Gasteiger partial charge on any atom is -0.351 e. The number of unbranched alkanes of at least 4 members (excludes halogenated alkanes) is 2. The second-order valence-corrected chi connectivity index (χ2v) is 5.65. The third-order valence-corrected chi connectivity index (χ3v) is 3.44. The highest BCUT2D eigenvalue weighted by molar-refractivity contribution is 5.92. The highest BCUT2D eigenvalue weighted by Crippen LogP contribution is 2.17. The van der Waals surface area contributed by atoms with Crippen LogP contribution in [0.15, 0.2) is 36.4 Å². The average molecular weight is 341 g/mol. The Hall–Kier alpha value is -2.96. The molecule has 0 radical (unpaired) electrons. The van der Waals surface area contributed by atoms with Gasteiger partial charge < -0.3 is 16.0 Å². The number of carbonyl (C=O) groups is 2. The maximum absolute atomic E-state index is 11.9. The lowest BCUT2D eigenvalue weighted by Crippen LogP contribution is -2.25. The van der Waals surface area contributed by atoms with E-state index >= 15 is 0 Å². The number of nitrogens with one attached hydrogen (secondary N) is 3. The van der Waals surface area contributed by atoms with Crippen molar-refractivity contribution in [2.45, 2.75) is 33.1 Å². The smallest absolute Gasteiger partial charge is 0.271 e. The lowest BCUT2D eigenvalue weighted by Gasteiger charge is -2.07. The van der Waals surface area contributed by atoms with E-state index in [1.807, 2.05) is 12.1 Å². The minimum absolute atomic E-state index is 0.116. The van der Waals surface area contributed by atoms with E-state index in [2.05, 4.69) is 33.1 Å². The molecule has 0 saturated heterocycles. The third-order valence-electron chi connectivity index (χ3n) is 3.44. The highest BCUT2D eigenvalue weighted by Gasteiger charge is 2.07. The molecule has 3 N–H and O–H groups in total. The van der Waals surface area contributed by atoms with Gasteiger partial charge in [-0.25, -0.2) is 0 Å². The van der Waals surface area contributed by atoms with Gasteiger partial charge in [0.2, 0.25) is 5.91 Å². The Kier molecular flexibility index (Phi) is 6.88. The Labute approximate surface area is 147 Å². The van der Waals surface area contributed by atoms with Gasteiger partial charge in [-0.1, -0.05) is 19.8 Å². The quantitative estimate of drug-likeness (QED) is 0.641. The fourth-order valence-corrected chi connectivity index (χ4v) is 2.18. The van der Waals surface area contributed by atoms with Crippen LogP contribution in [0, 0.1) is 0 Å². The van der Waals surface area contributed by atoms with Gasteiger partial charge in [0.25, 0.3) is 5.91 Å². The normalized spacial score (nSPS) is 10.2. The molecule has 0 bridgehead atoms. The molecule has 0 saturated carbocycles. The molecule has 2 rings (SSSR count). The van der Waals surface area contributed by atoms with Crippen molar-refractivity contribution in [2.24, 2.45) is 0 Å². The molecule has 1 aromatic heterocycles. The van der Waals surface area contributed by atoms with E-state index in [4.69, 9.17) is 0 Å². The summed E-state index contributed by atoms with van der Waals surface area (Å²) in [4.78, 5) is 22.9. The topological polar surface area (TPSA) is 96.0 Å². The van der Waals surface area contributed by atoms with Gasteiger partial charge in [0.05, 0.1) is 0 Å². The van der Waals surface area contributed by atoms with Gasteiger partial charge in [-0.2, -0.15) is 0 Å². The van der Waals surface area contributed by atoms with E-state index in [9.17, 15) is 9.59 Å². The van der Waals surface area contributed by atoms with Gasteiger partial charge in [0.15, 0.2) is 11.5 Å². The summed E-state index contributed by atoms with van der Waals surface area (Å²) in [5, 5.41) is 16.6. The van der Waals surface area contributed by atoms with Crippen LogP contribution in [0.3, 0.4) is 0 Å². The lowest BCUT2D eigenvalue weighted by atomic mass is 10.2. The van der Waals surface area contributed by atoms with Gasteiger partial charge in [-0.15, -0.1) is 10.2 Å². The number of hydrogen-bond donors (Lipinski definition) is 3. The number of benzene rings is 1. The van der Waals surface area contributed by atoms with Crippen LogP contribution in [-0.2, 0) is 4.79 Å². The summed E-state index contributed by atoms with van der Waals surface area (Å²) in [6, 6.07) is 10.6. The number of rotatable bonds is 8.